The molecule has 11 heteroatoms. The van der Waals surface area contributed by atoms with Crippen LogP contribution in [0.15, 0.2) is 36.8 Å². The fourth-order valence-corrected chi connectivity index (χ4v) is 3.49. The Morgan fingerprint density at radius 2 is 2.19 bits per heavy atom. The normalized spacial score (nSPS) is 15.6. The molecule has 0 aromatic carbocycles. The third-order valence-corrected chi connectivity index (χ3v) is 5.91. The molecule has 0 bridgehead atoms. The highest BCUT2D eigenvalue weighted by molar-refractivity contribution is 5.95. The van der Waals surface area contributed by atoms with Crippen LogP contribution in [0, 0.1) is 0 Å². The van der Waals surface area contributed by atoms with E-state index < -0.39 is 5.91 Å². The van der Waals surface area contributed by atoms with Gasteiger partial charge in [0.1, 0.15) is 11.3 Å². The van der Waals surface area contributed by atoms with E-state index >= 15 is 0 Å². The molecule has 5 rings (SSSR count). The van der Waals surface area contributed by atoms with Crippen LogP contribution in [-0.2, 0) is 14.2 Å². The summed E-state index contributed by atoms with van der Waals surface area (Å²) in [7, 11) is 5.24. The van der Waals surface area contributed by atoms with E-state index in [1.165, 1.54) is 10.7 Å². The number of nitrogens with two attached hydrogens (primary N) is 1. The number of hydrogen-bond acceptors (Lipinski definition) is 8. The Bertz CT molecular complexity index is 1260. The monoisotopic (exact) mass is 497 g/mol. The van der Waals surface area contributed by atoms with E-state index in [2.05, 4.69) is 39.2 Å². The number of fused-ring (bicyclic) bond motifs is 2. The average Bonchev–Trinajstić information content (AvgIpc) is 3.67. The lowest BCUT2D eigenvalue weighted by Gasteiger charge is -2.07. The number of imidazole rings is 1. The summed E-state index contributed by atoms with van der Waals surface area (Å²) in [6, 6.07) is 5.70. The van der Waals surface area contributed by atoms with Crippen molar-refractivity contribution in [1.29, 1.82) is 0 Å². The highest BCUT2D eigenvalue weighted by atomic mass is 16.5. The summed E-state index contributed by atoms with van der Waals surface area (Å²) < 4.78 is 16.4. The van der Waals surface area contributed by atoms with Gasteiger partial charge in [-0.1, -0.05) is 6.92 Å². The third-order valence-electron chi connectivity index (χ3n) is 5.91. The topological polar surface area (TPSA) is 142 Å². The van der Waals surface area contributed by atoms with E-state index in [1.54, 1.807) is 27.5 Å². The molecule has 194 valence electrons. The lowest BCUT2D eigenvalue weighted by Crippen LogP contribution is -2.15. The van der Waals surface area contributed by atoms with Gasteiger partial charge in [-0.2, -0.15) is 5.10 Å². The lowest BCUT2D eigenvalue weighted by atomic mass is 10.1. The number of carbonyl (C=O) groups is 1. The van der Waals surface area contributed by atoms with Gasteiger partial charge in [0.2, 0.25) is 0 Å². The van der Waals surface area contributed by atoms with E-state index in [0.717, 1.165) is 48.3 Å². The number of amides is 1. The zero-order chi connectivity index (χ0) is 26.1. The van der Waals surface area contributed by atoms with Gasteiger partial charge in [0.25, 0.3) is 5.91 Å². The van der Waals surface area contributed by atoms with Crippen LogP contribution < -0.4 is 11.1 Å². The van der Waals surface area contributed by atoms with Gasteiger partial charge >= 0.3 is 0 Å². The Balaban J connectivity index is 0.000000229. The van der Waals surface area contributed by atoms with Crippen LogP contribution in [0.25, 0.3) is 27.9 Å². The van der Waals surface area contributed by atoms with Crippen LogP contribution in [0.1, 0.15) is 37.2 Å². The number of nitrogens with zero attached hydrogens (tertiary/aromatic N) is 4. The van der Waals surface area contributed by atoms with E-state index in [9.17, 15) is 4.79 Å². The van der Waals surface area contributed by atoms with Gasteiger partial charge in [-0.25, -0.2) is 14.5 Å². The third kappa shape index (κ3) is 6.36. The molecule has 0 aliphatic carbocycles. The maximum absolute atomic E-state index is 11.6. The number of hydrogen-bond donors (Lipinski definition) is 3. The smallest absolute Gasteiger partial charge is 0.269 e. The van der Waals surface area contributed by atoms with Gasteiger partial charge < -0.3 is 30.2 Å². The fraction of sp³-hybridized carbons (Fsp3) is 0.440. The van der Waals surface area contributed by atoms with Crippen LogP contribution in [0.2, 0.25) is 0 Å². The number of H-pyrrole nitrogens is 1. The Hall–Kier alpha value is -3.54. The SMILES string of the molecule is CCC(C)OC.CNc1cc(-c2c[nH]c3ncccc23)nn2c(C(N)=O)cnc12.COC1CCOC1. The standard InChI is InChI=1S/C15H13N7O.C5H10O2.C5H12O/c1-17-11-5-10(9-6-19-14-8(9)3-2-4-18-14)21-22-12(13(16)23)7-20-15(11)22;1-6-5-2-3-7-4-5;1-4-5(2)6-3/h2-7,17H,1H3,(H2,16,23)(H,18,19);5H,2-4H2,1H3;5H,4H2,1-3H3. The summed E-state index contributed by atoms with van der Waals surface area (Å²) in [5.74, 6) is -0.579. The number of aromatic nitrogens is 5. The molecule has 1 aliphatic rings. The van der Waals surface area contributed by atoms with Crippen molar-refractivity contribution in [1.82, 2.24) is 24.6 Å². The van der Waals surface area contributed by atoms with Crippen molar-refractivity contribution >= 4 is 28.3 Å². The Kier molecular flexibility index (Phi) is 9.74. The zero-order valence-corrected chi connectivity index (χ0v) is 21.4. The van der Waals surface area contributed by atoms with E-state index in [1.807, 2.05) is 24.4 Å². The minimum Gasteiger partial charge on any atom is -0.385 e. The Labute approximate surface area is 210 Å². The summed E-state index contributed by atoms with van der Waals surface area (Å²) in [6.07, 6.45) is 7.97. The number of aromatic amines is 1. The molecular weight excluding hydrogens is 462 g/mol. The number of methoxy groups -OCH3 is 2. The molecule has 1 aliphatic heterocycles. The van der Waals surface area contributed by atoms with Gasteiger partial charge in [0.05, 0.1) is 36.4 Å². The van der Waals surface area contributed by atoms with Crippen LogP contribution in [-0.4, -0.2) is 77.2 Å². The van der Waals surface area contributed by atoms with Crippen LogP contribution >= 0.6 is 0 Å². The summed E-state index contributed by atoms with van der Waals surface area (Å²) in [4.78, 5) is 23.2. The molecule has 4 N–H and O–H groups in total. The number of anilines is 1. The minimum atomic E-state index is -0.579. The molecule has 36 heavy (non-hydrogen) atoms. The number of ether oxygens (including phenoxy) is 3. The second kappa shape index (κ2) is 13.0. The summed E-state index contributed by atoms with van der Waals surface area (Å²) >= 11 is 0. The second-order valence-electron chi connectivity index (χ2n) is 8.21. The predicted molar refractivity (Wildman–Crippen MR) is 139 cm³/mol. The van der Waals surface area contributed by atoms with E-state index in [4.69, 9.17) is 19.9 Å². The average molecular weight is 498 g/mol. The quantitative estimate of drug-likeness (QED) is 0.368. The van der Waals surface area contributed by atoms with Crippen molar-refractivity contribution in [3.05, 3.63) is 42.5 Å². The minimum absolute atomic E-state index is 0.233. The van der Waals surface area contributed by atoms with Crippen LogP contribution in [0.4, 0.5) is 5.69 Å². The largest absolute Gasteiger partial charge is 0.385 e. The Morgan fingerprint density at radius 3 is 2.75 bits per heavy atom. The second-order valence-corrected chi connectivity index (χ2v) is 8.21. The van der Waals surface area contributed by atoms with Gasteiger partial charge in [0.15, 0.2) is 5.65 Å². The number of carbonyl (C=O) groups excluding carboxylic acids is 1. The molecule has 1 saturated heterocycles. The van der Waals surface area contributed by atoms with Gasteiger partial charge in [0, 0.05) is 51.2 Å². The molecule has 11 nitrogen and oxygen atoms in total. The van der Waals surface area contributed by atoms with Gasteiger partial charge in [-0.3, -0.25) is 4.79 Å². The first kappa shape index (κ1) is 27.1. The van der Waals surface area contributed by atoms with Crippen LogP contribution in [0.5, 0.6) is 0 Å². The van der Waals surface area contributed by atoms with Crippen LogP contribution in [0.3, 0.4) is 0 Å². The summed E-state index contributed by atoms with van der Waals surface area (Å²) in [5, 5.41) is 8.54. The molecule has 4 aromatic rings. The number of rotatable bonds is 6. The van der Waals surface area contributed by atoms with Gasteiger partial charge in [-0.05, 0) is 38.0 Å². The summed E-state index contributed by atoms with van der Waals surface area (Å²) in [5.41, 5.74) is 9.27. The van der Waals surface area contributed by atoms with Crippen molar-refractivity contribution in [2.45, 2.75) is 38.9 Å². The molecule has 1 amide bonds. The predicted octanol–water partition coefficient (Wildman–Crippen LogP) is 3.27. The molecule has 0 saturated carbocycles. The zero-order valence-electron chi connectivity index (χ0n) is 21.4. The summed E-state index contributed by atoms with van der Waals surface area (Å²) in [6.45, 7) is 5.82. The van der Waals surface area contributed by atoms with Crippen molar-refractivity contribution in [3.63, 3.8) is 0 Å². The van der Waals surface area contributed by atoms with Crippen molar-refractivity contribution < 1.29 is 19.0 Å². The molecule has 5 heterocycles. The van der Waals surface area contributed by atoms with Crippen molar-refractivity contribution in [2.24, 2.45) is 5.73 Å². The highest BCUT2D eigenvalue weighted by Gasteiger charge is 2.16. The van der Waals surface area contributed by atoms with E-state index in [-0.39, 0.29) is 5.69 Å². The van der Waals surface area contributed by atoms with Gasteiger partial charge in [-0.15, -0.1) is 0 Å². The Morgan fingerprint density at radius 1 is 1.39 bits per heavy atom. The maximum Gasteiger partial charge on any atom is 0.269 e. The van der Waals surface area contributed by atoms with E-state index in [0.29, 0.717) is 23.5 Å². The molecular formula is C25H35N7O4. The molecule has 0 radical (unpaired) electrons. The lowest BCUT2D eigenvalue weighted by molar-refractivity contribution is 0.0822. The molecule has 1 fully saturated rings. The molecule has 0 spiro atoms. The molecule has 2 unspecified atom stereocenters. The number of primary amides is 1. The first-order valence-corrected chi connectivity index (χ1v) is 11.9. The van der Waals surface area contributed by atoms with Crippen molar-refractivity contribution in [2.75, 3.05) is 39.8 Å². The maximum atomic E-state index is 11.6. The highest BCUT2D eigenvalue weighted by Crippen LogP contribution is 2.29. The number of pyridine rings is 1. The fourth-order valence-electron chi connectivity index (χ4n) is 3.49. The molecule has 4 aromatic heterocycles. The van der Waals surface area contributed by atoms with Crippen molar-refractivity contribution in [3.8, 4) is 11.3 Å². The molecule has 2 atom stereocenters. The first-order chi connectivity index (χ1) is 17.4. The first-order valence-electron chi connectivity index (χ1n) is 11.9. The number of nitrogens with one attached hydrogen (secondary N) is 2.